The van der Waals surface area contributed by atoms with Gasteiger partial charge >= 0.3 is 0 Å². The smallest absolute Gasteiger partial charge is 0.141 e. The molecule has 2 aromatic rings. The van der Waals surface area contributed by atoms with Crippen LogP contribution in [0, 0.1) is 25.7 Å². The van der Waals surface area contributed by atoms with Crippen molar-refractivity contribution in [3.63, 3.8) is 0 Å². The van der Waals surface area contributed by atoms with Gasteiger partial charge in [-0.1, -0.05) is 23.2 Å². The van der Waals surface area contributed by atoms with Crippen molar-refractivity contribution in [2.45, 2.75) is 45.4 Å². The van der Waals surface area contributed by atoms with Crippen molar-refractivity contribution < 1.29 is 9.84 Å². The van der Waals surface area contributed by atoms with Crippen LogP contribution in [0.5, 0.6) is 5.75 Å². The number of nitrogens with zero attached hydrogens (tertiary/aromatic N) is 3. The molecule has 0 radical (unpaired) electrons. The van der Waals surface area contributed by atoms with Gasteiger partial charge in [-0.3, -0.25) is 14.9 Å². The van der Waals surface area contributed by atoms with Gasteiger partial charge in [-0.15, -0.1) is 0 Å². The van der Waals surface area contributed by atoms with Crippen LogP contribution in [0.25, 0.3) is 0 Å². The Morgan fingerprint density at radius 2 is 1.79 bits per heavy atom. The minimum absolute atomic E-state index is 0.197. The summed E-state index contributed by atoms with van der Waals surface area (Å²) in [6.07, 6.45) is 4.21. The number of aliphatic hydroxyl groups excluding tert-OH is 1. The van der Waals surface area contributed by atoms with Gasteiger partial charge in [-0.05, 0) is 50.7 Å². The van der Waals surface area contributed by atoms with Crippen LogP contribution >= 0.6 is 23.2 Å². The molecular formula is C21H25Cl2N3O2. The number of aryl methyl sites for hydroxylation is 2. The lowest BCUT2D eigenvalue weighted by atomic mass is 9.78. The molecule has 1 aliphatic carbocycles. The van der Waals surface area contributed by atoms with Crippen molar-refractivity contribution in [1.82, 2.24) is 14.9 Å². The van der Waals surface area contributed by atoms with E-state index in [0.29, 0.717) is 28.4 Å². The first-order valence-corrected chi connectivity index (χ1v) is 10.5. The Morgan fingerprint density at radius 1 is 1.11 bits per heavy atom. The maximum Gasteiger partial charge on any atom is 0.141 e. The van der Waals surface area contributed by atoms with Crippen LogP contribution < -0.4 is 4.74 Å². The summed E-state index contributed by atoms with van der Waals surface area (Å²) in [5.74, 6) is 1.72. The molecule has 2 fully saturated rings. The number of likely N-dealkylation sites (tertiary alicyclic amines) is 1. The molecule has 0 spiro atoms. The fourth-order valence-electron chi connectivity index (χ4n) is 4.52. The van der Waals surface area contributed by atoms with E-state index in [0.717, 1.165) is 48.6 Å². The van der Waals surface area contributed by atoms with E-state index >= 15 is 0 Å². The average molecular weight is 422 g/mol. The first kappa shape index (κ1) is 19.9. The van der Waals surface area contributed by atoms with Crippen molar-refractivity contribution in [3.05, 3.63) is 51.5 Å². The molecule has 1 N–H and O–H groups in total. The number of halogens is 2. The third-order valence-electron chi connectivity index (χ3n) is 5.95. The summed E-state index contributed by atoms with van der Waals surface area (Å²) < 4.78 is 6.17. The summed E-state index contributed by atoms with van der Waals surface area (Å²) in [5, 5.41) is 11.9. The Hall–Kier alpha value is -1.40. The zero-order valence-electron chi connectivity index (χ0n) is 16.1. The molecule has 0 unspecified atom stereocenters. The summed E-state index contributed by atoms with van der Waals surface area (Å²) in [5.41, 5.74) is 2.75. The molecule has 0 amide bonds. The molecule has 5 nitrogen and oxygen atoms in total. The number of rotatable bonds is 4. The third kappa shape index (κ3) is 4.13. The van der Waals surface area contributed by atoms with Crippen LogP contribution in [-0.2, 0) is 6.54 Å². The molecule has 3 heterocycles. The number of aromatic nitrogens is 2. The van der Waals surface area contributed by atoms with Gasteiger partial charge in [-0.25, -0.2) is 0 Å². The second-order valence-electron chi connectivity index (χ2n) is 8.03. The molecule has 28 heavy (non-hydrogen) atoms. The number of pyridine rings is 2. The molecule has 4 atom stereocenters. The van der Waals surface area contributed by atoms with Crippen molar-refractivity contribution in [3.8, 4) is 5.75 Å². The number of fused-ring (bicyclic) bond motifs is 1. The zero-order valence-corrected chi connectivity index (χ0v) is 17.6. The van der Waals surface area contributed by atoms with Gasteiger partial charge in [0.05, 0.1) is 21.8 Å². The predicted octanol–water partition coefficient (Wildman–Crippen LogP) is 4.05. The maximum absolute atomic E-state index is 10.7. The molecule has 1 aliphatic heterocycles. The molecule has 4 rings (SSSR count). The van der Waals surface area contributed by atoms with Gasteiger partial charge in [0, 0.05) is 43.3 Å². The third-order valence-corrected chi connectivity index (χ3v) is 6.60. The molecule has 2 aromatic heterocycles. The Morgan fingerprint density at radius 3 is 2.46 bits per heavy atom. The highest BCUT2D eigenvalue weighted by Crippen LogP contribution is 2.39. The topological polar surface area (TPSA) is 58.5 Å². The first-order chi connectivity index (χ1) is 13.4. The Labute approximate surface area is 175 Å². The summed E-state index contributed by atoms with van der Waals surface area (Å²) >= 11 is 12.6. The SMILES string of the molecule is Cc1ccc(O[C@@H]2C[C@@H]3CN(Cc4c(Cl)cncc4Cl)C[C@@H]3C[C@H]2O)c(C)n1. The van der Waals surface area contributed by atoms with E-state index in [1.807, 2.05) is 26.0 Å². The normalized spacial score (nSPS) is 27.6. The highest BCUT2D eigenvalue weighted by Gasteiger charge is 2.42. The van der Waals surface area contributed by atoms with Gasteiger partial charge in [0.1, 0.15) is 11.9 Å². The van der Waals surface area contributed by atoms with Gasteiger partial charge in [0.15, 0.2) is 0 Å². The highest BCUT2D eigenvalue weighted by molar-refractivity contribution is 6.35. The van der Waals surface area contributed by atoms with Gasteiger partial charge in [-0.2, -0.15) is 0 Å². The molecule has 7 heteroatoms. The molecule has 0 bridgehead atoms. The van der Waals surface area contributed by atoms with E-state index in [1.165, 1.54) is 0 Å². The largest absolute Gasteiger partial charge is 0.486 e. The molecule has 0 aromatic carbocycles. The summed E-state index contributed by atoms with van der Waals surface area (Å²) in [7, 11) is 0. The minimum Gasteiger partial charge on any atom is -0.486 e. The average Bonchev–Trinajstić information content (AvgIpc) is 3.02. The van der Waals surface area contributed by atoms with Gasteiger partial charge < -0.3 is 9.84 Å². The number of hydrogen-bond acceptors (Lipinski definition) is 5. The van der Waals surface area contributed by atoms with Crippen LogP contribution in [-0.4, -0.2) is 45.3 Å². The second kappa shape index (κ2) is 8.15. The highest BCUT2D eigenvalue weighted by atomic mass is 35.5. The number of ether oxygens (including phenoxy) is 1. The van der Waals surface area contributed by atoms with Gasteiger partial charge in [0.2, 0.25) is 0 Å². The standard InChI is InChI=1S/C21H25Cl2N3O2/c1-12-3-4-20(13(2)25-12)28-21-6-15-10-26(9-14(15)5-19(21)27)11-16-17(22)7-24-8-18(16)23/h3-4,7-8,14-15,19,21,27H,5-6,9-11H2,1-2H3/t14-,15+,19+,21+/m0/s1. The van der Waals surface area contributed by atoms with E-state index in [9.17, 15) is 5.11 Å². The zero-order chi connectivity index (χ0) is 19.8. The van der Waals surface area contributed by atoms with Crippen molar-refractivity contribution in [2.75, 3.05) is 13.1 Å². The number of aliphatic hydroxyl groups is 1. The minimum atomic E-state index is -0.463. The van der Waals surface area contributed by atoms with E-state index in [2.05, 4.69) is 14.9 Å². The number of hydrogen-bond donors (Lipinski definition) is 1. The van der Waals surface area contributed by atoms with Crippen LogP contribution in [0.15, 0.2) is 24.5 Å². The van der Waals surface area contributed by atoms with Crippen LogP contribution in [0.1, 0.15) is 29.8 Å². The molecule has 150 valence electrons. The predicted molar refractivity (Wildman–Crippen MR) is 110 cm³/mol. The van der Waals surface area contributed by atoms with E-state index in [-0.39, 0.29) is 6.10 Å². The van der Waals surface area contributed by atoms with Crippen molar-refractivity contribution in [2.24, 2.45) is 11.8 Å². The fraction of sp³-hybridized carbons (Fsp3) is 0.524. The fourth-order valence-corrected chi connectivity index (χ4v) is 5.00. The summed E-state index contributed by atoms with van der Waals surface area (Å²) in [6, 6.07) is 3.89. The van der Waals surface area contributed by atoms with E-state index < -0.39 is 6.10 Å². The Bertz CT molecular complexity index is 843. The quantitative estimate of drug-likeness (QED) is 0.806. The molecule has 1 saturated carbocycles. The summed E-state index contributed by atoms with van der Waals surface area (Å²) in [6.45, 7) is 6.51. The maximum atomic E-state index is 10.7. The van der Waals surface area contributed by atoms with Crippen molar-refractivity contribution in [1.29, 1.82) is 0 Å². The molecular weight excluding hydrogens is 397 g/mol. The van der Waals surface area contributed by atoms with Gasteiger partial charge in [0.25, 0.3) is 0 Å². The lowest BCUT2D eigenvalue weighted by Crippen LogP contribution is -2.42. The van der Waals surface area contributed by atoms with Crippen LogP contribution in [0.4, 0.5) is 0 Å². The Kier molecular flexibility index (Phi) is 5.79. The lowest BCUT2D eigenvalue weighted by molar-refractivity contribution is -0.0236. The lowest BCUT2D eigenvalue weighted by Gasteiger charge is -2.35. The van der Waals surface area contributed by atoms with Crippen molar-refractivity contribution >= 4 is 23.2 Å². The molecule has 1 saturated heterocycles. The van der Waals surface area contributed by atoms with E-state index in [4.69, 9.17) is 27.9 Å². The molecule has 2 aliphatic rings. The monoisotopic (exact) mass is 421 g/mol. The summed E-state index contributed by atoms with van der Waals surface area (Å²) in [4.78, 5) is 10.9. The van der Waals surface area contributed by atoms with Crippen LogP contribution in [0.2, 0.25) is 10.0 Å². The Balaban J connectivity index is 1.42. The van der Waals surface area contributed by atoms with E-state index in [1.54, 1.807) is 12.4 Å². The second-order valence-corrected chi connectivity index (χ2v) is 8.84. The van der Waals surface area contributed by atoms with Crippen LogP contribution in [0.3, 0.4) is 0 Å². The first-order valence-electron chi connectivity index (χ1n) is 9.70.